The summed E-state index contributed by atoms with van der Waals surface area (Å²) in [7, 11) is 0. The van der Waals surface area contributed by atoms with E-state index in [0.29, 0.717) is 12.2 Å². The molecule has 33 heavy (non-hydrogen) atoms. The fraction of sp³-hybridized carbons (Fsp3) is 0.433. The predicted molar refractivity (Wildman–Crippen MR) is 136 cm³/mol. The van der Waals surface area contributed by atoms with Gasteiger partial charge in [-0.2, -0.15) is 0 Å². The first-order chi connectivity index (χ1) is 15.5. The number of hydrogen-bond acceptors (Lipinski definition) is 2. The largest absolute Gasteiger partial charge is 0.456 e. The fourth-order valence-corrected chi connectivity index (χ4v) is 5.12. The van der Waals surface area contributed by atoms with E-state index in [-0.39, 0.29) is 16.7 Å². The Balaban J connectivity index is 1.58. The highest BCUT2D eigenvalue weighted by atomic mass is 16.3. The Hall–Kier alpha value is -2.81. The van der Waals surface area contributed by atoms with Crippen LogP contribution in [0.2, 0.25) is 0 Å². The standard InChI is InChI=1S/C30H37NO2/c1-8-21-11-9-10-19(2)27(21)31-28(32)26-13-12-23(33-26)17-22-18-25-24(16-20(22)3)29(4,5)14-15-30(25,6)7/h9-13,16,18H,8,14-15,17H2,1-7H3,(H,31,32). The summed E-state index contributed by atoms with van der Waals surface area (Å²) in [5, 5.41) is 3.06. The quantitative estimate of drug-likeness (QED) is 0.440. The number of furan rings is 1. The van der Waals surface area contributed by atoms with Gasteiger partial charge in [0, 0.05) is 12.1 Å². The molecule has 1 aliphatic rings. The van der Waals surface area contributed by atoms with Crippen molar-refractivity contribution in [3.05, 3.63) is 87.4 Å². The molecule has 0 bridgehead atoms. The van der Waals surface area contributed by atoms with Crippen LogP contribution in [0.5, 0.6) is 0 Å². The van der Waals surface area contributed by atoms with Gasteiger partial charge < -0.3 is 9.73 Å². The van der Waals surface area contributed by atoms with Gasteiger partial charge in [-0.1, -0.05) is 65.0 Å². The zero-order valence-electron chi connectivity index (χ0n) is 21.2. The summed E-state index contributed by atoms with van der Waals surface area (Å²) in [6, 6.07) is 14.6. The monoisotopic (exact) mass is 443 g/mol. The van der Waals surface area contributed by atoms with Crippen molar-refractivity contribution < 1.29 is 9.21 Å². The second-order valence-electron chi connectivity index (χ2n) is 11.0. The highest BCUT2D eigenvalue weighted by Gasteiger charge is 2.37. The number of fused-ring (bicyclic) bond motifs is 1. The van der Waals surface area contributed by atoms with Crippen molar-refractivity contribution in [3.8, 4) is 0 Å². The highest BCUT2D eigenvalue weighted by Crippen LogP contribution is 2.46. The molecule has 1 heterocycles. The lowest BCUT2D eigenvalue weighted by Crippen LogP contribution is -2.34. The first-order valence-electron chi connectivity index (χ1n) is 12.1. The summed E-state index contributed by atoms with van der Waals surface area (Å²) in [6.45, 7) is 15.7. The van der Waals surface area contributed by atoms with E-state index in [1.54, 1.807) is 6.07 Å². The van der Waals surface area contributed by atoms with Gasteiger partial charge in [-0.05, 0) is 89.5 Å². The molecule has 1 aromatic heterocycles. The van der Waals surface area contributed by atoms with Gasteiger partial charge in [-0.25, -0.2) is 0 Å². The summed E-state index contributed by atoms with van der Waals surface area (Å²) < 4.78 is 6.01. The first kappa shape index (κ1) is 23.4. The van der Waals surface area contributed by atoms with E-state index in [0.717, 1.165) is 29.0 Å². The second kappa shape index (κ2) is 8.52. The average Bonchev–Trinajstić information content (AvgIpc) is 3.23. The smallest absolute Gasteiger partial charge is 0.291 e. The van der Waals surface area contributed by atoms with Crippen LogP contribution in [0.4, 0.5) is 5.69 Å². The fourth-order valence-electron chi connectivity index (χ4n) is 5.12. The lowest BCUT2D eigenvalue weighted by atomic mass is 9.62. The SMILES string of the molecule is CCc1cccc(C)c1NC(=O)c1ccc(Cc2cc3c(cc2C)C(C)(C)CCC3(C)C)o1. The topological polar surface area (TPSA) is 42.2 Å². The Bertz CT molecular complexity index is 1200. The van der Waals surface area contributed by atoms with Crippen LogP contribution in [0.1, 0.15) is 97.2 Å². The molecule has 3 heteroatoms. The third-order valence-corrected chi connectivity index (χ3v) is 7.54. The number of amides is 1. The Morgan fingerprint density at radius 1 is 0.909 bits per heavy atom. The Morgan fingerprint density at radius 2 is 1.58 bits per heavy atom. The molecule has 1 amide bonds. The molecule has 1 N–H and O–H groups in total. The summed E-state index contributed by atoms with van der Waals surface area (Å²) in [5.74, 6) is 0.972. The molecular weight excluding hydrogens is 406 g/mol. The summed E-state index contributed by atoms with van der Waals surface area (Å²) in [4.78, 5) is 12.9. The lowest BCUT2D eigenvalue weighted by Gasteiger charge is -2.42. The molecule has 1 aliphatic carbocycles. The number of carbonyl (C=O) groups excluding carboxylic acids is 1. The molecule has 0 unspecified atom stereocenters. The van der Waals surface area contributed by atoms with Crippen molar-refractivity contribution >= 4 is 11.6 Å². The van der Waals surface area contributed by atoms with Crippen LogP contribution in [0.3, 0.4) is 0 Å². The maximum absolute atomic E-state index is 12.9. The zero-order chi connectivity index (χ0) is 24.0. The third kappa shape index (κ3) is 4.51. The van der Waals surface area contributed by atoms with Gasteiger partial charge in [-0.3, -0.25) is 4.79 Å². The molecule has 0 fully saturated rings. The van der Waals surface area contributed by atoms with Crippen LogP contribution in [-0.2, 0) is 23.7 Å². The molecule has 0 spiro atoms. The van der Waals surface area contributed by atoms with Crippen LogP contribution in [0.15, 0.2) is 46.9 Å². The van der Waals surface area contributed by atoms with Gasteiger partial charge >= 0.3 is 0 Å². The normalized spacial score (nSPS) is 16.3. The third-order valence-electron chi connectivity index (χ3n) is 7.54. The number of rotatable bonds is 5. The van der Waals surface area contributed by atoms with E-state index in [4.69, 9.17) is 4.42 Å². The highest BCUT2D eigenvalue weighted by molar-refractivity contribution is 6.03. The number of hydrogen-bond donors (Lipinski definition) is 1. The molecule has 0 saturated carbocycles. The van der Waals surface area contributed by atoms with Gasteiger partial charge in [0.2, 0.25) is 0 Å². The number of nitrogens with one attached hydrogen (secondary N) is 1. The Morgan fingerprint density at radius 3 is 2.24 bits per heavy atom. The number of carbonyl (C=O) groups is 1. The summed E-state index contributed by atoms with van der Waals surface area (Å²) >= 11 is 0. The Kier molecular flexibility index (Phi) is 6.03. The van der Waals surface area contributed by atoms with Gasteiger partial charge in [-0.15, -0.1) is 0 Å². The van der Waals surface area contributed by atoms with Crippen molar-refractivity contribution in [3.63, 3.8) is 0 Å². The zero-order valence-corrected chi connectivity index (χ0v) is 21.2. The van der Waals surface area contributed by atoms with Gasteiger partial charge in [0.15, 0.2) is 5.76 Å². The number of aryl methyl sites for hydroxylation is 3. The van der Waals surface area contributed by atoms with E-state index in [9.17, 15) is 4.79 Å². The molecule has 2 aromatic carbocycles. The van der Waals surface area contributed by atoms with E-state index in [1.807, 2.05) is 25.1 Å². The van der Waals surface area contributed by atoms with Crippen LogP contribution in [0, 0.1) is 13.8 Å². The molecule has 174 valence electrons. The molecular formula is C30H37NO2. The Labute approximate surface area is 198 Å². The molecule has 3 aromatic rings. The average molecular weight is 444 g/mol. The maximum Gasteiger partial charge on any atom is 0.291 e. The van der Waals surface area contributed by atoms with Crippen molar-refractivity contribution in [1.82, 2.24) is 0 Å². The maximum atomic E-state index is 12.9. The predicted octanol–water partition coefficient (Wildman–Crippen LogP) is 7.65. The number of benzene rings is 2. The van der Waals surface area contributed by atoms with Crippen molar-refractivity contribution in [2.75, 3.05) is 5.32 Å². The van der Waals surface area contributed by atoms with Crippen LogP contribution in [0.25, 0.3) is 0 Å². The van der Waals surface area contributed by atoms with Crippen LogP contribution in [-0.4, -0.2) is 5.91 Å². The van der Waals surface area contributed by atoms with Crippen molar-refractivity contribution in [2.45, 2.75) is 85.0 Å². The number of anilines is 1. The van der Waals surface area contributed by atoms with Crippen LogP contribution < -0.4 is 5.32 Å². The van der Waals surface area contributed by atoms with Crippen molar-refractivity contribution in [1.29, 1.82) is 0 Å². The van der Waals surface area contributed by atoms with E-state index in [1.165, 1.54) is 35.1 Å². The molecule has 0 atom stereocenters. The van der Waals surface area contributed by atoms with Gasteiger partial charge in [0.05, 0.1) is 0 Å². The van der Waals surface area contributed by atoms with E-state index >= 15 is 0 Å². The first-order valence-corrected chi connectivity index (χ1v) is 12.1. The van der Waals surface area contributed by atoms with Crippen molar-refractivity contribution in [2.24, 2.45) is 0 Å². The lowest BCUT2D eigenvalue weighted by molar-refractivity contribution is 0.0995. The minimum Gasteiger partial charge on any atom is -0.456 e. The van der Waals surface area contributed by atoms with Crippen LogP contribution >= 0.6 is 0 Å². The van der Waals surface area contributed by atoms with E-state index < -0.39 is 0 Å². The van der Waals surface area contributed by atoms with Gasteiger partial charge in [0.1, 0.15) is 5.76 Å². The molecule has 3 nitrogen and oxygen atoms in total. The number of para-hydroxylation sites is 1. The molecule has 0 radical (unpaired) electrons. The molecule has 4 rings (SSSR count). The summed E-state index contributed by atoms with van der Waals surface area (Å²) in [6.07, 6.45) is 3.96. The minimum absolute atomic E-state index is 0.173. The van der Waals surface area contributed by atoms with E-state index in [2.05, 4.69) is 65.1 Å². The van der Waals surface area contributed by atoms with Gasteiger partial charge in [0.25, 0.3) is 5.91 Å². The second-order valence-corrected chi connectivity index (χ2v) is 11.0. The molecule has 0 saturated heterocycles. The minimum atomic E-state index is -0.199. The summed E-state index contributed by atoms with van der Waals surface area (Å²) in [5.41, 5.74) is 8.94. The molecule has 0 aliphatic heterocycles.